The van der Waals surface area contributed by atoms with Crippen molar-refractivity contribution in [2.75, 3.05) is 19.4 Å². The standard InChI is InChI=1S/C14H20N2O2S/c1-14(10-17,15-2)8-5-9-19-13-16-11-6-3-4-7-12(11)18-13/h3-4,6-7,15,17H,5,8-10H2,1-2H3. The van der Waals surface area contributed by atoms with Gasteiger partial charge in [-0.05, 0) is 38.9 Å². The Labute approximate surface area is 117 Å². The molecule has 0 amide bonds. The van der Waals surface area contributed by atoms with E-state index in [0.717, 1.165) is 34.9 Å². The van der Waals surface area contributed by atoms with Crippen LogP contribution in [0, 0.1) is 0 Å². The van der Waals surface area contributed by atoms with Crippen molar-refractivity contribution in [3.8, 4) is 0 Å². The molecule has 1 unspecified atom stereocenters. The molecule has 2 N–H and O–H groups in total. The third-order valence-corrected chi connectivity index (χ3v) is 4.24. The molecule has 1 heterocycles. The lowest BCUT2D eigenvalue weighted by Gasteiger charge is -2.26. The van der Waals surface area contributed by atoms with Crippen LogP contribution in [0.4, 0.5) is 0 Å². The highest BCUT2D eigenvalue weighted by Crippen LogP contribution is 2.24. The Morgan fingerprint density at radius 3 is 2.89 bits per heavy atom. The fourth-order valence-corrected chi connectivity index (χ4v) is 2.59. The van der Waals surface area contributed by atoms with Crippen molar-refractivity contribution in [1.82, 2.24) is 10.3 Å². The number of nitrogens with one attached hydrogen (secondary N) is 1. The van der Waals surface area contributed by atoms with Gasteiger partial charge in [0, 0.05) is 11.3 Å². The first-order chi connectivity index (χ1) is 9.17. The average molecular weight is 280 g/mol. The topological polar surface area (TPSA) is 58.3 Å². The molecule has 104 valence electrons. The first kappa shape index (κ1) is 14.4. The van der Waals surface area contributed by atoms with Crippen LogP contribution in [0.2, 0.25) is 0 Å². The van der Waals surface area contributed by atoms with Gasteiger partial charge in [-0.25, -0.2) is 4.98 Å². The number of hydrogen-bond donors (Lipinski definition) is 2. The zero-order chi connectivity index (χ0) is 13.7. The second-order valence-corrected chi connectivity index (χ2v) is 5.91. The van der Waals surface area contributed by atoms with Gasteiger partial charge in [0.15, 0.2) is 5.58 Å². The molecular formula is C14H20N2O2S. The molecule has 4 nitrogen and oxygen atoms in total. The molecule has 0 aliphatic carbocycles. The molecule has 1 aromatic heterocycles. The molecule has 0 fully saturated rings. The van der Waals surface area contributed by atoms with Gasteiger partial charge in [0.2, 0.25) is 0 Å². The Balaban J connectivity index is 1.83. The molecule has 0 saturated heterocycles. The van der Waals surface area contributed by atoms with Crippen molar-refractivity contribution in [1.29, 1.82) is 0 Å². The summed E-state index contributed by atoms with van der Waals surface area (Å²) < 4.78 is 5.64. The van der Waals surface area contributed by atoms with Gasteiger partial charge in [-0.3, -0.25) is 0 Å². The number of hydrogen-bond acceptors (Lipinski definition) is 5. The van der Waals surface area contributed by atoms with Crippen LogP contribution in [0.3, 0.4) is 0 Å². The molecule has 5 heteroatoms. The highest BCUT2D eigenvalue weighted by Gasteiger charge is 2.19. The van der Waals surface area contributed by atoms with E-state index in [9.17, 15) is 5.11 Å². The van der Waals surface area contributed by atoms with Crippen molar-refractivity contribution < 1.29 is 9.52 Å². The Hall–Kier alpha value is -1.04. The zero-order valence-electron chi connectivity index (χ0n) is 11.3. The largest absolute Gasteiger partial charge is 0.431 e. The van der Waals surface area contributed by atoms with E-state index in [2.05, 4.69) is 10.3 Å². The molecule has 1 atom stereocenters. The maximum absolute atomic E-state index is 9.30. The monoisotopic (exact) mass is 280 g/mol. The summed E-state index contributed by atoms with van der Waals surface area (Å²) in [5.74, 6) is 0.935. The van der Waals surface area contributed by atoms with Crippen molar-refractivity contribution in [3.05, 3.63) is 24.3 Å². The van der Waals surface area contributed by atoms with Crippen LogP contribution in [-0.2, 0) is 0 Å². The van der Waals surface area contributed by atoms with Crippen LogP contribution in [0.5, 0.6) is 0 Å². The summed E-state index contributed by atoms with van der Waals surface area (Å²) in [6, 6.07) is 7.78. The summed E-state index contributed by atoms with van der Waals surface area (Å²) in [4.78, 5) is 4.42. The maximum Gasteiger partial charge on any atom is 0.256 e. The van der Waals surface area contributed by atoms with E-state index in [1.165, 1.54) is 0 Å². The average Bonchev–Trinajstić information content (AvgIpc) is 2.86. The van der Waals surface area contributed by atoms with Crippen LogP contribution in [0.25, 0.3) is 11.1 Å². The van der Waals surface area contributed by atoms with Crippen molar-refractivity contribution in [3.63, 3.8) is 0 Å². The molecule has 0 spiro atoms. The van der Waals surface area contributed by atoms with Gasteiger partial charge >= 0.3 is 0 Å². The Morgan fingerprint density at radius 2 is 2.21 bits per heavy atom. The van der Waals surface area contributed by atoms with Gasteiger partial charge in [0.25, 0.3) is 5.22 Å². The van der Waals surface area contributed by atoms with E-state index in [4.69, 9.17) is 4.42 Å². The molecule has 0 radical (unpaired) electrons. The molecule has 0 saturated carbocycles. The number of thioether (sulfide) groups is 1. The van der Waals surface area contributed by atoms with E-state index >= 15 is 0 Å². The highest BCUT2D eigenvalue weighted by atomic mass is 32.2. The summed E-state index contributed by atoms with van der Waals surface area (Å²) in [6.45, 7) is 2.17. The molecule has 1 aromatic carbocycles. The van der Waals surface area contributed by atoms with Crippen LogP contribution in [-0.4, -0.2) is 35.0 Å². The van der Waals surface area contributed by atoms with Gasteiger partial charge in [0.05, 0.1) is 6.61 Å². The summed E-state index contributed by atoms with van der Waals surface area (Å²) >= 11 is 1.62. The third-order valence-electron chi connectivity index (χ3n) is 3.33. The number of oxazole rings is 1. The minimum Gasteiger partial charge on any atom is -0.431 e. The van der Waals surface area contributed by atoms with Crippen LogP contribution in [0.15, 0.2) is 33.9 Å². The van der Waals surface area contributed by atoms with Crippen LogP contribution < -0.4 is 5.32 Å². The molecule has 0 aliphatic rings. The molecule has 0 aliphatic heterocycles. The lowest BCUT2D eigenvalue weighted by Crippen LogP contribution is -2.43. The Bertz CT molecular complexity index is 490. The summed E-state index contributed by atoms with van der Waals surface area (Å²) in [7, 11) is 1.88. The second kappa shape index (κ2) is 6.41. The first-order valence-corrected chi connectivity index (χ1v) is 7.43. The smallest absolute Gasteiger partial charge is 0.256 e. The Kier molecular flexibility index (Phi) is 4.85. The number of aliphatic hydroxyl groups excluding tert-OH is 1. The molecular weight excluding hydrogens is 260 g/mol. The van der Waals surface area contributed by atoms with Crippen LogP contribution >= 0.6 is 11.8 Å². The first-order valence-electron chi connectivity index (χ1n) is 6.45. The summed E-state index contributed by atoms with van der Waals surface area (Å²) in [6.07, 6.45) is 1.93. The summed E-state index contributed by atoms with van der Waals surface area (Å²) in [5, 5.41) is 13.2. The summed E-state index contributed by atoms with van der Waals surface area (Å²) in [5.41, 5.74) is 1.54. The van der Waals surface area contributed by atoms with Gasteiger partial charge in [0.1, 0.15) is 5.52 Å². The molecule has 0 bridgehead atoms. The number of likely N-dealkylation sites (N-methyl/N-ethyl adjacent to an activating group) is 1. The van der Waals surface area contributed by atoms with E-state index in [0.29, 0.717) is 0 Å². The van der Waals surface area contributed by atoms with Crippen molar-refractivity contribution >= 4 is 22.9 Å². The predicted molar refractivity (Wildman–Crippen MR) is 78.5 cm³/mol. The normalized spacial score (nSPS) is 14.7. The minimum atomic E-state index is -0.193. The lowest BCUT2D eigenvalue weighted by atomic mass is 9.98. The number of aliphatic hydroxyl groups is 1. The predicted octanol–water partition coefficient (Wildman–Crippen LogP) is 2.67. The van der Waals surface area contributed by atoms with Gasteiger partial charge in [-0.15, -0.1) is 0 Å². The van der Waals surface area contributed by atoms with Crippen molar-refractivity contribution in [2.24, 2.45) is 0 Å². The molecule has 2 aromatic rings. The van der Waals surface area contributed by atoms with E-state index in [1.54, 1.807) is 11.8 Å². The maximum atomic E-state index is 9.30. The fourth-order valence-electron chi connectivity index (χ4n) is 1.82. The van der Waals surface area contributed by atoms with Gasteiger partial charge in [-0.1, -0.05) is 23.9 Å². The van der Waals surface area contributed by atoms with E-state index in [1.807, 2.05) is 38.2 Å². The lowest BCUT2D eigenvalue weighted by molar-refractivity contribution is 0.173. The highest BCUT2D eigenvalue weighted by molar-refractivity contribution is 7.99. The number of para-hydroxylation sites is 2. The molecule has 19 heavy (non-hydrogen) atoms. The zero-order valence-corrected chi connectivity index (χ0v) is 12.2. The number of benzene rings is 1. The van der Waals surface area contributed by atoms with Crippen molar-refractivity contribution in [2.45, 2.75) is 30.5 Å². The number of aromatic nitrogens is 1. The quantitative estimate of drug-likeness (QED) is 0.603. The van der Waals surface area contributed by atoms with Crippen LogP contribution in [0.1, 0.15) is 19.8 Å². The fraction of sp³-hybridized carbons (Fsp3) is 0.500. The SMILES string of the molecule is CNC(C)(CO)CCCSc1nc2ccccc2o1. The third kappa shape index (κ3) is 3.72. The molecule has 2 rings (SSSR count). The second-order valence-electron chi connectivity index (χ2n) is 4.87. The van der Waals surface area contributed by atoms with E-state index in [-0.39, 0.29) is 12.1 Å². The van der Waals surface area contributed by atoms with Gasteiger partial charge in [-0.2, -0.15) is 0 Å². The number of nitrogens with zero attached hydrogens (tertiary/aromatic N) is 1. The number of rotatable bonds is 7. The Morgan fingerprint density at radius 1 is 1.42 bits per heavy atom. The van der Waals surface area contributed by atoms with E-state index < -0.39 is 0 Å². The minimum absolute atomic E-state index is 0.150. The number of fused-ring (bicyclic) bond motifs is 1. The van der Waals surface area contributed by atoms with Gasteiger partial charge < -0.3 is 14.8 Å².